The van der Waals surface area contributed by atoms with Crippen molar-refractivity contribution in [3.8, 4) is 0 Å². The Labute approximate surface area is 131 Å². The van der Waals surface area contributed by atoms with Crippen molar-refractivity contribution in [2.24, 2.45) is 0 Å². The van der Waals surface area contributed by atoms with Crippen molar-refractivity contribution in [1.82, 2.24) is 0 Å². The molecule has 0 aliphatic carbocycles. The fourth-order valence-corrected chi connectivity index (χ4v) is 1.98. The molecule has 2 aromatic carbocycles. The average Bonchev–Trinajstić information content (AvgIpc) is 2.49. The van der Waals surface area contributed by atoms with Crippen molar-refractivity contribution in [3.05, 3.63) is 69.7 Å². The number of rotatable bonds is 3. The molecule has 2 aromatic rings. The van der Waals surface area contributed by atoms with Crippen LogP contribution in [0.3, 0.4) is 0 Å². The van der Waals surface area contributed by atoms with Crippen molar-refractivity contribution in [1.29, 1.82) is 0 Å². The van der Waals surface area contributed by atoms with Gasteiger partial charge in [0, 0.05) is 16.1 Å². The van der Waals surface area contributed by atoms with Crippen LogP contribution in [0.2, 0.25) is 0 Å². The summed E-state index contributed by atoms with van der Waals surface area (Å²) in [6.45, 7) is 0. The minimum Gasteiger partial charge on any atom is -0.320 e. The van der Waals surface area contributed by atoms with E-state index >= 15 is 0 Å². The normalized spacial score (nSPS) is 11.0. The second-order valence-corrected chi connectivity index (χ2v) is 5.13. The lowest BCUT2D eigenvalue weighted by molar-refractivity contribution is -0.111. The van der Waals surface area contributed by atoms with Crippen LogP contribution < -0.4 is 5.32 Å². The molecule has 0 saturated carbocycles. The van der Waals surface area contributed by atoms with Crippen molar-refractivity contribution >= 4 is 33.6 Å². The molecule has 0 atom stereocenters. The van der Waals surface area contributed by atoms with Crippen LogP contribution in [0, 0.1) is 23.3 Å². The van der Waals surface area contributed by atoms with Crippen LogP contribution in [-0.4, -0.2) is 5.91 Å². The van der Waals surface area contributed by atoms with Gasteiger partial charge in [0.2, 0.25) is 5.91 Å². The number of hydrogen-bond donors (Lipinski definition) is 1. The van der Waals surface area contributed by atoms with E-state index in [1.165, 1.54) is 24.3 Å². The van der Waals surface area contributed by atoms with Crippen LogP contribution in [-0.2, 0) is 4.79 Å². The number of nitrogens with one attached hydrogen (secondary N) is 1. The number of carbonyl (C=O) groups is 1. The topological polar surface area (TPSA) is 29.1 Å². The van der Waals surface area contributed by atoms with Gasteiger partial charge in [-0.3, -0.25) is 4.79 Å². The van der Waals surface area contributed by atoms with E-state index in [0.717, 1.165) is 12.1 Å². The van der Waals surface area contributed by atoms with E-state index in [4.69, 9.17) is 0 Å². The minimum absolute atomic E-state index is 0.135. The maximum Gasteiger partial charge on any atom is 0.248 e. The number of anilines is 1. The summed E-state index contributed by atoms with van der Waals surface area (Å²) in [6, 6.07) is 5.71. The van der Waals surface area contributed by atoms with Gasteiger partial charge in [0.1, 0.15) is 5.82 Å². The second kappa shape index (κ2) is 6.74. The van der Waals surface area contributed by atoms with Crippen LogP contribution in [0.15, 0.2) is 40.9 Å². The van der Waals surface area contributed by atoms with Gasteiger partial charge < -0.3 is 5.32 Å². The molecule has 0 heterocycles. The maximum atomic E-state index is 13.5. The lowest BCUT2D eigenvalue weighted by Crippen LogP contribution is -2.10. The van der Waals surface area contributed by atoms with Crippen molar-refractivity contribution in [3.63, 3.8) is 0 Å². The molecular weight excluding hydrogens is 366 g/mol. The van der Waals surface area contributed by atoms with Gasteiger partial charge in [0.15, 0.2) is 17.5 Å². The van der Waals surface area contributed by atoms with Crippen LogP contribution in [0.1, 0.15) is 5.56 Å². The standard InChI is InChI=1S/C15H8BrF4NO/c16-9-2-3-10(17)8(7-9)1-6-13(22)21-12-5-4-11(18)14(19)15(12)20/h1-7H,(H,21,22)/b6-1+. The predicted molar refractivity (Wildman–Crippen MR) is 78.1 cm³/mol. The van der Waals surface area contributed by atoms with E-state index in [2.05, 4.69) is 15.9 Å². The first-order valence-corrected chi connectivity index (χ1v) is 6.75. The zero-order valence-corrected chi connectivity index (χ0v) is 12.4. The van der Waals surface area contributed by atoms with Gasteiger partial charge in [-0.1, -0.05) is 15.9 Å². The first-order chi connectivity index (χ1) is 10.4. The highest BCUT2D eigenvalue weighted by Crippen LogP contribution is 2.20. The van der Waals surface area contributed by atoms with E-state index in [1.807, 2.05) is 5.32 Å². The number of halogens is 5. The minimum atomic E-state index is -1.68. The van der Waals surface area contributed by atoms with Gasteiger partial charge >= 0.3 is 0 Å². The predicted octanol–water partition coefficient (Wildman–Crippen LogP) is 4.66. The molecule has 0 bridgehead atoms. The second-order valence-electron chi connectivity index (χ2n) is 4.21. The molecule has 0 saturated heterocycles. The van der Waals surface area contributed by atoms with E-state index < -0.39 is 34.9 Å². The van der Waals surface area contributed by atoms with Crippen molar-refractivity contribution < 1.29 is 22.4 Å². The number of benzene rings is 2. The molecule has 0 unspecified atom stereocenters. The van der Waals surface area contributed by atoms with Gasteiger partial charge in [-0.25, -0.2) is 17.6 Å². The Morgan fingerprint density at radius 2 is 1.68 bits per heavy atom. The molecule has 0 radical (unpaired) electrons. The van der Waals surface area contributed by atoms with Gasteiger partial charge in [-0.15, -0.1) is 0 Å². The Morgan fingerprint density at radius 1 is 1.00 bits per heavy atom. The smallest absolute Gasteiger partial charge is 0.248 e. The zero-order chi connectivity index (χ0) is 16.3. The highest BCUT2D eigenvalue weighted by Gasteiger charge is 2.14. The fraction of sp³-hybridized carbons (Fsp3) is 0. The van der Waals surface area contributed by atoms with Gasteiger partial charge in [-0.05, 0) is 36.4 Å². The monoisotopic (exact) mass is 373 g/mol. The molecule has 114 valence electrons. The molecule has 0 aliphatic rings. The molecule has 22 heavy (non-hydrogen) atoms. The highest BCUT2D eigenvalue weighted by atomic mass is 79.9. The third-order valence-corrected chi connectivity index (χ3v) is 3.16. The van der Waals surface area contributed by atoms with Gasteiger partial charge in [0.25, 0.3) is 0 Å². The lowest BCUT2D eigenvalue weighted by Gasteiger charge is -2.05. The van der Waals surface area contributed by atoms with Crippen LogP contribution in [0.25, 0.3) is 6.08 Å². The third-order valence-electron chi connectivity index (χ3n) is 2.67. The van der Waals surface area contributed by atoms with E-state index in [0.29, 0.717) is 10.5 Å². The summed E-state index contributed by atoms with van der Waals surface area (Å²) in [5.74, 6) is -5.91. The molecule has 0 fully saturated rings. The van der Waals surface area contributed by atoms with Crippen molar-refractivity contribution in [2.45, 2.75) is 0 Å². The zero-order valence-electron chi connectivity index (χ0n) is 10.8. The maximum absolute atomic E-state index is 13.5. The number of hydrogen-bond acceptors (Lipinski definition) is 1. The van der Waals surface area contributed by atoms with E-state index in [9.17, 15) is 22.4 Å². The van der Waals surface area contributed by atoms with Gasteiger partial charge in [0.05, 0.1) is 5.69 Å². The number of amides is 1. The van der Waals surface area contributed by atoms with Crippen LogP contribution in [0.5, 0.6) is 0 Å². The molecule has 1 N–H and O–H groups in total. The molecular formula is C15H8BrF4NO. The highest BCUT2D eigenvalue weighted by molar-refractivity contribution is 9.10. The average molecular weight is 374 g/mol. The van der Waals surface area contributed by atoms with Gasteiger partial charge in [-0.2, -0.15) is 0 Å². The Morgan fingerprint density at radius 3 is 2.41 bits per heavy atom. The summed E-state index contributed by atoms with van der Waals surface area (Å²) in [4.78, 5) is 11.6. The first-order valence-electron chi connectivity index (χ1n) is 5.96. The molecule has 1 amide bonds. The third kappa shape index (κ3) is 3.73. The summed E-state index contributed by atoms with van der Waals surface area (Å²) in [5, 5.41) is 2.04. The molecule has 7 heteroatoms. The Hall–Kier alpha value is -2.15. The Kier molecular flexibility index (Phi) is 4.97. The quantitative estimate of drug-likeness (QED) is 0.473. The molecule has 2 nitrogen and oxygen atoms in total. The van der Waals surface area contributed by atoms with Crippen molar-refractivity contribution in [2.75, 3.05) is 5.32 Å². The summed E-state index contributed by atoms with van der Waals surface area (Å²) >= 11 is 3.15. The number of carbonyl (C=O) groups excluding carboxylic acids is 1. The van der Waals surface area contributed by atoms with E-state index in [-0.39, 0.29) is 5.56 Å². The Bertz CT molecular complexity index is 761. The first kappa shape index (κ1) is 16.2. The SMILES string of the molecule is O=C(/C=C/c1cc(Br)ccc1F)Nc1ccc(F)c(F)c1F. The van der Waals surface area contributed by atoms with E-state index in [1.54, 1.807) is 0 Å². The fourth-order valence-electron chi connectivity index (χ4n) is 1.60. The Balaban J connectivity index is 2.15. The molecule has 0 spiro atoms. The summed E-state index contributed by atoms with van der Waals surface area (Å²) < 4.78 is 53.2. The molecule has 0 aliphatic heterocycles. The molecule has 2 rings (SSSR count). The van der Waals surface area contributed by atoms with Crippen LogP contribution >= 0.6 is 15.9 Å². The summed E-state index contributed by atoms with van der Waals surface area (Å²) in [7, 11) is 0. The largest absolute Gasteiger partial charge is 0.320 e. The molecule has 0 aromatic heterocycles. The lowest BCUT2D eigenvalue weighted by atomic mass is 10.2. The summed E-state index contributed by atoms with van der Waals surface area (Å²) in [6.07, 6.45) is 2.12. The summed E-state index contributed by atoms with van der Waals surface area (Å²) in [5.41, 5.74) is -0.376. The van der Waals surface area contributed by atoms with Crippen LogP contribution in [0.4, 0.5) is 23.2 Å².